The van der Waals surface area contributed by atoms with Gasteiger partial charge in [-0.15, -0.1) is 0 Å². The lowest BCUT2D eigenvalue weighted by Gasteiger charge is -2.30. The van der Waals surface area contributed by atoms with Gasteiger partial charge in [0.2, 0.25) is 6.04 Å². The van der Waals surface area contributed by atoms with E-state index in [1.165, 1.54) is 16.6 Å². The lowest BCUT2D eigenvalue weighted by Crippen LogP contribution is -2.35. The molecular weight excluding hydrogens is 548 g/mol. The quantitative estimate of drug-likeness (QED) is 0.251. The van der Waals surface area contributed by atoms with E-state index in [0.29, 0.717) is 0 Å². The summed E-state index contributed by atoms with van der Waals surface area (Å²) in [5.41, 5.74) is 5.45. The molecule has 0 aliphatic carbocycles. The lowest BCUT2D eigenvalue weighted by molar-refractivity contribution is 0.549. The zero-order valence-electron chi connectivity index (χ0n) is 15.6. The molecule has 28 heavy (non-hydrogen) atoms. The number of rotatable bonds is 2. The number of pyridine rings is 1. The molecular formula is C21H19Br3N4. The minimum Gasteiger partial charge on any atom is -0.370 e. The van der Waals surface area contributed by atoms with Crippen molar-refractivity contribution in [3.63, 3.8) is 0 Å². The molecule has 3 heterocycles. The van der Waals surface area contributed by atoms with Crippen LogP contribution in [0.1, 0.15) is 24.1 Å². The first kappa shape index (κ1) is 19.9. The van der Waals surface area contributed by atoms with Crippen LogP contribution in [0.3, 0.4) is 0 Å². The van der Waals surface area contributed by atoms with E-state index in [0.717, 1.165) is 56.4 Å². The number of aromatic nitrogens is 2. The second kappa shape index (κ2) is 7.81. The molecule has 3 aromatic rings. The summed E-state index contributed by atoms with van der Waals surface area (Å²) in [5, 5.41) is 1.19. The highest BCUT2D eigenvalue weighted by Gasteiger charge is 2.25. The van der Waals surface area contributed by atoms with E-state index in [9.17, 15) is 0 Å². The Morgan fingerprint density at radius 3 is 2.36 bits per heavy atom. The van der Waals surface area contributed by atoms with Crippen LogP contribution >= 0.6 is 47.8 Å². The molecule has 0 radical (unpaired) electrons. The molecule has 0 atom stereocenters. The molecule has 4 nitrogen and oxygen atoms in total. The average Bonchev–Trinajstić information content (AvgIpc) is 3.00. The van der Waals surface area contributed by atoms with Crippen LogP contribution in [0.4, 0.5) is 5.69 Å². The lowest BCUT2D eigenvalue weighted by atomic mass is 10.0. The van der Waals surface area contributed by atoms with E-state index in [1.54, 1.807) is 0 Å². The summed E-state index contributed by atoms with van der Waals surface area (Å²) in [6.07, 6.45) is 4.02. The number of halogens is 3. The molecule has 2 aromatic heterocycles. The van der Waals surface area contributed by atoms with Gasteiger partial charge in [0.05, 0.1) is 5.69 Å². The fourth-order valence-electron chi connectivity index (χ4n) is 3.88. The Bertz CT molecular complexity index is 1110. The van der Waals surface area contributed by atoms with Crippen LogP contribution in [0.25, 0.3) is 21.6 Å². The van der Waals surface area contributed by atoms with Crippen LogP contribution in [-0.2, 0) is 0 Å². The monoisotopic (exact) mass is 564 g/mol. The molecule has 0 saturated carbocycles. The topological polar surface area (TPSA) is 25.4 Å². The van der Waals surface area contributed by atoms with E-state index >= 15 is 0 Å². The number of hydrogen-bond donors (Lipinski definition) is 0. The van der Waals surface area contributed by atoms with Crippen molar-refractivity contribution in [1.29, 1.82) is 0 Å². The number of anilines is 1. The van der Waals surface area contributed by atoms with Crippen molar-refractivity contribution < 1.29 is 0 Å². The second-order valence-corrected chi connectivity index (χ2v) is 9.79. The van der Waals surface area contributed by atoms with Gasteiger partial charge in [-0.2, -0.15) is 0 Å². The Hall–Kier alpha value is -1.36. The van der Waals surface area contributed by atoms with Crippen molar-refractivity contribution in [2.45, 2.75) is 32.7 Å². The van der Waals surface area contributed by atoms with Crippen LogP contribution in [-0.4, -0.2) is 28.7 Å². The van der Waals surface area contributed by atoms with E-state index < -0.39 is 0 Å². The van der Waals surface area contributed by atoms with Gasteiger partial charge in [0, 0.05) is 62.3 Å². The summed E-state index contributed by atoms with van der Waals surface area (Å²) in [4.78, 5) is 11.0. The smallest absolute Gasteiger partial charge is 0.227 e. The summed E-state index contributed by atoms with van der Waals surface area (Å²) in [5.74, 6) is 0. The van der Waals surface area contributed by atoms with Gasteiger partial charge in [-0.3, -0.25) is 4.57 Å². The summed E-state index contributed by atoms with van der Waals surface area (Å²) >= 11 is 10.9. The number of aryl methyl sites for hydroxylation is 2. The summed E-state index contributed by atoms with van der Waals surface area (Å²) < 4.78 is 5.17. The number of nitrogens with zero attached hydrogens (tertiary/aromatic N) is 4. The maximum atomic E-state index is 7.30. The molecule has 0 spiro atoms. The number of hydrogen-bond acceptors (Lipinski definition) is 2. The van der Waals surface area contributed by atoms with E-state index in [2.05, 4.69) is 87.4 Å². The standard InChI is InChI=1S/C21H19Br3N4/c1-12-11-28(18-10-16(23)15(22)9-17(18)24)21-20(12)19(8-13(2)26-21)27-6-4-14(25-3)5-7-27/h8-11,14H,4-7H2,1-2H3. The molecule has 1 aliphatic rings. The van der Waals surface area contributed by atoms with Crippen molar-refractivity contribution in [2.75, 3.05) is 18.0 Å². The number of fused-ring (bicyclic) bond motifs is 1. The maximum absolute atomic E-state index is 7.30. The van der Waals surface area contributed by atoms with Gasteiger partial charge >= 0.3 is 0 Å². The van der Waals surface area contributed by atoms with Crippen molar-refractivity contribution in [2.24, 2.45) is 0 Å². The molecule has 0 bridgehead atoms. The number of piperidine rings is 1. The maximum Gasteiger partial charge on any atom is 0.227 e. The molecule has 1 aromatic carbocycles. The van der Waals surface area contributed by atoms with Gasteiger partial charge in [-0.25, -0.2) is 11.6 Å². The molecule has 0 unspecified atom stereocenters. The third kappa shape index (κ3) is 3.51. The zero-order chi connectivity index (χ0) is 20.0. The largest absolute Gasteiger partial charge is 0.370 e. The summed E-state index contributed by atoms with van der Waals surface area (Å²) in [7, 11) is 0. The van der Waals surface area contributed by atoms with Gasteiger partial charge in [0.25, 0.3) is 0 Å². The summed E-state index contributed by atoms with van der Waals surface area (Å²) in [6.45, 7) is 13.3. The predicted octanol–water partition coefficient (Wildman–Crippen LogP) is 6.82. The first-order chi connectivity index (χ1) is 13.4. The second-order valence-electron chi connectivity index (χ2n) is 7.23. The Morgan fingerprint density at radius 1 is 1.00 bits per heavy atom. The third-order valence-electron chi connectivity index (χ3n) is 5.29. The minimum atomic E-state index is 0.163. The van der Waals surface area contributed by atoms with Crippen molar-refractivity contribution in [1.82, 2.24) is 9.55 Å². The first-order valence-corrected chi connectivity index (χ1v) is 11.5. The van der Waals surface area contributed by atoms with Crippen LogP contribution in [0.15, 0.2) is 37.8 Å². The van der Waals surface area contributed by atoms with E-state index in [4.69, 9.17) is 11.6 Å². The van der Waals surface area contributed by atoms with Crippen LogP contribution in [0, 0.1) is 20.4 Å². The molecule has 1 aliphatic heterocycles. The molecule has 1 saturated heterocycles. The van der Waals surface area contributed by atoms with Gasteiger partial charge in [0.1, 0.15) is 5.65 Å². The Morgan fingerprint density at radius 2 is 1.68 bits per heavy atom. The highest BCUT2D eigenvalue weighted by atomic mass is 79.9. The van der Waals surface area contributed by atoms with Gasteiger partial charge in [0.15, 0.2) is 0 Å². The predicted molar refractivity (Wildman–Crippen MR) is 125 cm³/mol. The highest BCUT2D eigenvalue weighted by molar-refractivity contribution is 9.13. The highest BCUT2D eigenvalue weighted by Crippen LogP contribution is 2.38. The van der Waals surface area contributed by atoms with Crippen LogP contribution in [0.2, 0.25) is 0 Å². The zero-order valence-corrected chi connectivity index (χ0v) is 20.4. The fourth-order valence-corrected chi connectivity index (χ4v) is 5.39. The molecule has 4 rings (SSSR count). The molecule has 144 valence electrons. The van der Waals surface area contributed by atoms with E-state index in [-0.39, 0.29) is 6.04 Å². The Kier molecular flexibility index (Phi) is 5.56. The van der Waals surface area contributed by atoms with Crippen LogP contribution < -0.4 is 4.90 Å². The normalized spacial score (nSPS) is 15.2. The van der Waals surface area contributed by atoms with Gasteiger partial charge in [-0.05, 0) is 85.4 Å². The first-order valence-electron chi connectivity index (χ1n) is 9.14. The molecule has 0 N–H and O–H groups in total. The molecule has 0 amide bonds. The van der Waals surface area contributed by atoms with Crippen molar-refractivity contribution >= 4 is 64.5 Å². The Balaban J connectivity index is 1.88. The minimum absolute atomic E-state index is 0.163. The van der Waals surface area contributed by atoms with Crippen LogP contribution in [0.5, 0.6) is 0 Å². The third-order valence-corrected chi connectivity index (χ3v) is 7.77. The Labute approximate surface area is 190 Å². The fraction of sp³-hybridized carbons (Fsp3) is 0.333. The number of benzene rings is 1. The summed E-state index contributed by atoms with van der Waals surface area (Å²) in [6, 6.07) is 6.49. The van der Waals surface area contributed by atoms with Gasteiger partial charge < -0.3 is 9.74 Å². The van der Waals surface area contributed by atoms with E-state index in [1.807, 2.05) is 13.0 Å². The SMILES string of the molecule is [C-]#[N+]C1CCN(c2cc(C)nc3c2c(C)cn3-c2cc(Br)c(Br)cc2Br)CC1. The van der Waals surface area contributed by atoms with Crippen molar-refractivity contribution in [3.8, 4) is 5.69 Å². The van der Waals surface area contributed by atoms with Gasteiger partial charge in [-0.1, -0.05) is 0 Å². The average molecular weight is 567 g/mol. The molecule has 1 fully saturated rings. The van der Waals surface area contributed by atoms with Crippen molar-refractivity contribution in [3.05, 3.63) is 60.5 Å². The molecule has 7 heteroatoms.